The minimum Gasteiger partial charge on any atom is -0.326 e. The van der Waals surface area contributed by atoms with Crippen LogP contribution < -0.4 is 10.7 Å². The molecule has 1 aromatic heterocycles. The van der Waals surface area contributed by atoms with E-state index in [-0.39, 0.29) is 11.8 Å². The Morgan fingerprint density at radius 3 is 2.39 bits per heavy atom. The lowest BCUT2D eigenvalue weighted by Gasteiger charge is -2.03. The van der Waals surface area contributed by atoms with E-state index in [1.54, 1.807) is 36.4 Å². The Balaban J connectivity index is 1.31. The van der Waals surface area contributed by atoms with E-state index in [1.807, 2.05) is 42.5 Å². The van der Waals surface area contributed by atoms with Gasteiger partial charge in [0, 0.05) is 23.7 Å². The molecule has 0 atom stereocenters. The molecular formula is C24H21N7O2. The van der Waals surface area contributed by atoms with E-state index in [2.05, 4.69) is 31.3 Å². The first-order valence-corrected chi connectivity index (χ1v) is 10.2. The molecule has 33 heavy (non-hydrogen) atoms. The largest absolute Gasteiger partial charge is 0.326 e. The summed E-state index contributed by atoms with van der Waals surface area (Å²) in [5, 5.41) is 19.3. The normalized spacial score (nSPS) is 10.8. The molecule has 0 aliphatic heterocycles. The van der Waals surface area contributed by atoms with Crippen LogP contribution in [-0.2, 0) is 11.3 Å². The van der Waals surface area contributed by atoms with Gasteiger partial charge in [0.1, 0.15) is 0 Å². The number of benzene rings is 3. The van der Waals surface area contributed by atoms with E-state index in [0.717, 1.165) is 16.7 Å². The minimum atomic E-state index is -0.321. The number of carbonyl (C=O) groups is 2. The lowest BCUT2D eigenvalue weighted by molar-refractivity contribution is -0.114. The van der Waals surface area contributed by atoms with Crippen LogP contribution in [0.4, 0.5) is 5.69 Å². The van der Waals surface area contributed by atoms with Crippen LogP contribution in [0.15, 0.2) is 84.0 Å². The summed E-state index contributed by atoms with van der Waals surface area (Å²) in [6.07, 6.45) is 1.53. The van der Waals surface area contributed by atoms with Gasteiger partial charge in [-0.25, -0.2) is 5.43 Å². The smallest absolute Gasteiger partial charge is 0.271 e. The quantitative estimate of drug-likeness (QED) is 0.339. The molecule has 1 heterocycles. The zero-order chi connectivity index (χ0) is 23.0. The summed E-state index contributed by atoms with van der Waals surface area (Å²) < 4.78 is 0. The van der Waals surface area contributed by atoms with Gasteiger partial charge >= 0.3 is 0 Å². The van der Waals surface area contributed by atoms with Crippen LogP contribution in [0.2, 0.25) is 0 Å². The molecule has 2 amide bonds. The standard InChI is InChI=1S/C24H21N7O2/c1-17(32)26-22-13-9-18(10-14-22)15-25-28-24(33)21-11-7-19(8-12-21)16-31-29-23(27-30-31)20-5-3-2-4-6-20/h2-15H,16H2,1H3,(H,26,32)(H,28,33)/b25-15+. The molecule has 0 radical (unpaired) electrons. The lowest BCUT2D eigenvalue weighted by Crippen LogP contribution is -2.17. The Kier molecular flexibility index (Phi) is 6.60. The molecule has 9 heteroatoms. The molecule has 164 valence electrons. The van der Waals surface area contributed by atoms with Crippen LogP contribution in [0.25, 0.3) is 11.4 Å². The van der Waals surface area contributed by atoms with Crippen molar-refractivity contribution in [3.05, 3.63) is 95.6 Å². The predicted molar refractivity (Wildman–Crippen MR) is 125 cm³/mol. The maximum Gasteiger partial charge on any atom is 0.271 e. The highest BCUT2D eigenvalue weighted by atomic mass is 16.2. The van der Waals surface area contributed by atoms with Crippen LogP contribution in [0.3, 0.4) is 0 Å². The number of carbonyl (C=O) groups excluding carboxylic acids is 2. The SMILES string of the molecule is CC(=O)Nc1ccc(/C=N/NC(=O)c2ccc(Cn3nnc(-c4ccccc4)n3)cc2)cc1. The fraction of sp³-hybridized carbons (Fsp3) is 0.0833. The van der Waals surface area contributed by atoms with Gasteiger partial charge in [0.05, 0.1) is 12.8 Å². The first-order chi connectivity index (χ1) is 16.1. The van der Waals surface area contributed by atoms with Crippen LogP contribution in [0, 0.1) is 0 Å². The minimum absolute atomic E-state index is 0.135. The number of anilines is 1. The molecule has 0 saturated heterocycles. The van der Waals surface area contributed by atoms with Crippen molar-refractivity contribution in [2.45, 2.75) is 13.5 Å². The van der Waals surface area contributed by atoms with Crippen molar-refractivity contribution >= 4 is 23.7 Å². The van der Waals surface area contributed by atoms with Crippen LogP contribution in [-0.4, -0.2) is 38.2 Å². The number of aromatic nitrogens is 4. The Bertz CT molecular complexity index is 1260. The molecule has 0 aliphatic carbocycles. The third kappa shape index (κ3) is 5.95. The average molecular weight is 439 g/mol. The number of amides is 2. The van der Waals surface area contributed by atoms with Gasteiger partial charge in [-0.05, 0) is 40.6 Å². The molecule has 2 N–H and O–H groups in total. The topological polar surface area (TPSA) is 114 Å². The van der Waals surface area contributed by atoms with E-state index in [4.69, 9.17) is 0 Å². The number of rotatable bonds is 7. The van der Waals surface area contributed by atoms with E-state index in [1.165, 1.54) is 17.9 Å². The first kappa shape index (κ1) is 21.6. The second kappa shape index (κ2) is 10.1. The van der Waals surface area contributed by atoms with Crippen molar-refractivity contribution in [1.29, 1.82) is 0 Å². The maximum atomic E-state index is 12.3. The predicted octanol–water partition coefficient (Wildman–Crippen LogP) is 3.11. The second-order valence-electron chi connectivity index (χ2n) is 7.21. The summed E-state index contributed by atoms with van der Waals surface area (Å²) in [5.74, 6) is 0.108. The summed E-state index contributed by atoms with van der Waals surface area (Å²) in [5.41, 5.74) is 6.31. The summed E-state index contributed by atoms with van der Waals surface area (Å²) >= 11 is 0. The molecule has 4 aromatic rings. The van der Waals surface area contributed by atoms with Crippen molar-refractivity contribution < 1.29 is 9.59 Å². The van der Waals surface area contributed by atoms with Crippen LogP contribution in [0.5, 0.6) is 0 Å². The highest BCUT2D eigenvalue weighted by Gasteiger charge is 2.07. The Morgan fingerprint density at radius 1 is 0.970 bits per heavy atom. The van der Waals surface area contributed by atoms with Gasteiger partial charge in [0.2, 0.25) is 11.7 Å². The number of tetrazole rings is 1. The van der Waals surface area contributed by atoms with Gasteiger partial charge in [-0.2, -0.15) is 9.90 Å². The van der Waals surface area contributed by atoms with Gasteiger partial charge in [0.25, 0.3) is 5.91 Å². The van der Waals surface area contributed by atoms with Gasteiger partial charge in [-0.1, -0.05) is 54.6 Å². The number of hydrogen-bond acceptors (Lipinski definition) is 6. The van der Waals surface area contributed by atoms with Gasteiger partial charge in [0.15, 0.2) is 0 Å². The second-order valence-corrected chi connectivity index (χ2v) is 7.21. The molecule has 0 saturated carbocycles. The number of nitrogens with one attached hydrogen (secondary N) is 2. The van der Waals surface area contributed by atoms with E-state index in [9.17, 15) is 9.59 Å². The van der Waals surface area contributed by atoms with Gasteiger partial charge in [-0.15, -0.1) is 10.2 Å². The Hall–Kier alpha value is -4.66. The fourth-order valence-corrected chi connectivity index (χ4v) is 3.02. The van der Waals surface area contributed by atoms with E-state index >= 15 is 0 Å². The number of nitrogens with zero attached hydrogens (tertiary/aromatic N) is 5. The van der Waals surface area contributed by atoms with Crippen LogP contribution in [0.1, 0.15) is 28.4 Å². The Labute approximate surface area is 190 Å². The van der Waals surface area contributed by atoms with Crippen molar-refractivity contribution in [3.8, 4) is 11.4 Å². The van der Waals surface area contributed by atoms with Gasteiger partial charge < -0.3 is 5.32 Å². The molecule has 4 rings (SSSR count). The average Bonchev–Trinajstić information content (AvgIpc) is 3.29. The molecule has 0 unspecified atom stereocenters. The van der Waals surface area contributed by atoms with Crippen molar-refractivity contribution in [2.75, 3.05) is 5.32 Å². The molecule has 0 fully saturated rings. The summed E-state index contributed by atoms with van der Waals surface area (Å²) in [6.45, 7) is 1.89. The van der Waals surface area contributed by atoms with Crippen LogP contribution >= 0.6 is 0 Å². The summed E-state index contributed by atoms with van der Waals surface area (Å²) in [7, 11) is 0. The fourth-order valence-electron chi connectivity index (χ4n) is 3.02. The van der Waals surface area contributed by atoms with Crippen molar-refractivity contribution in [3.63, 3.8) is 0 Å². The molecule has 0 aliphatic rings. The van der Waals surface area contributed by atoms with Gasteiger partial charge in [-0.3, -0.25) is 9.59 Å². The number of hydrazone groups is 1. The first-order valence-electron chi connectivity index (χ1n) is 10.2. The molecular weight excluding hydrogens is 418 g/mol. The summed E-state index contributed by atoms with van der Waals surface area (Å²) in [6, 6.07) is 23.9. The molecule has 0 bridgehead atoms. The third-order valence-corrected chi connectivity index (χ3v) is 4.64. The molecule has 3 aromatic carbocycles. The summed E-state index contributed by atoms with van der Waals surface area (Å²) in [4.78, 5) is 24.9. The third-order valence-electron chi connectivity index (χ3n) is 4.64. The highest BCUT2D eigenvalue weighted by Crippen LogP contribution is 2.13. The van der Waals surface area contributed by atoms with E-state index < -0.39 is 0 Å². The zero-order valence-corrected chi connectivity index (χ0v) is 17.8. The van der Waals surface area contributed by atoms with E-state index in [0.29, 0.717) is 23.6 Å². The maximum absolute atomic E-state index is 12.3. The van der Waals surface area contributed by atoms with Crippen molar-refractivity contribution in [1.82, 2.24) is 25.6 Å². The number of hydrogen-bond donors (Lipinski definition) is 2. The lowest BCUT2D eigenvalue weighted by atomic mass is 10.1. The zero-order valence-electron chi connectivity index (χ0n) is 17.8. The highest BCUT2D eigenvalue weighted by molar-refractivity contribution is 5.95. The molecule has 9 nitrogen and oxygen atoms in total. The van der Waals surface area contributed by atoms with Crippen molar-refractivity contribution in [2.24, 2.45) is 5.10 Å². The molecule has 0 spiro atoms. The Morgan fingerprint density at radius 2 is 1.70 bits per heavy atom. The monoisotopic (exact) mass is 439 g/mol.